The van der Waals surface area contributed by atoms with Crippen molar-refractivity contribution < 1.29 is 9.47 Å². The molecule has 0 spiro atoms. The van der Waals surface area contributed by atoms with Crippen LogP contribution in [0.4, 0.5) is 0 Å². The quantitative estimate of drug-likeness (QED) is 0.642. The number of hydrogen-bond acceptors (Lipinski definition) is 3. The van der Waals surface area contributed by atoms with Gasteiger partial charge in [0.2, 0.25) is 0 Å². The second-order valence-corrected chi connectivity index (χ2v) is 9.33. The highest BCUT2D eigenvalue weighted by molar-refractivity contribution is 8.35. The molecule has 2 rings (SSSR count). The Balaban J connectivity index is 2.21. The molecule has 0 amide bonds. The molecular weight excluding hydrogens is 282 g/mol. The van der Waals surface area contributed by atoms with Gasteiger partial charge in [0.15, 0.2) is 0 Å². The number of ether oxygens (including phenoxy) is 2. The van der Waals surface area contributed by atoms with Crippen LogP contribution in [0.1, 0.15) is 5.69 Å². The van der Waals surface area contributed by atoms with Crippen molar-refractivity contribution in [3.05, 3.63) is 36.0 Å². The highest BCUT2D eigenvalue weighted by Gasteiger charge is 2.01. The summed E-state index contributed by atoms with van der Waals surface area (Å²) >= 11 is 0. The monoisotopic (exact) mass is 303 g/mol. The van der Waals surface area contributed by atoms with E-state index in [0.29, 0.717) is 13.2 Å². The molecule has 0 aliphatic carbocycles. The molecule has 0 aliphatic rings. The lowest BCUT2D eigenvalue weighted by atomic mass is 10.2. The van der Waals surface area contributed by atoms with Gasteiger partial charge in [0.25, 0.3) is 0 Å². The van der Waals surface area contributed by atoms with Crippen LogP contribution >= 0.6 is 10.0 Å². The smallest absolute Gasteiger partial charge is 0.120 e. The lowest BCUT2D eigenvalue weighted by molar-refractivity contribution is 0.146. The second-order valence-electron chi connectivity index (χ2n) is 5.46. The first-order chi connectivity index (χ1) is 9.98. The Kier molecular flexibility index (Phi) is 5.11. The summed E-state index contributed by atoms with van der Waals surface area (Å²) in [6.07, 6.45) is 6.51. The maximum Gasteiger partial charge on any atom is 0.120 e. The maximum atomic E-state index is 5.60. The standard InChI is InChI=1S/C17H21NO2S/c1-19-10-11-20-16-7-8-17-14(13-16)5-6-15(18-17)9-12-21(2,3)4/h5-8,13H,10-11H2,1-4H3. The summed E-state index contributed by atoms with van der Waals surface area (Å²) in [7, 11) is 0.834. The molecule has 112 valence electrons. The minimum Gasteiger partial charge on any atom is -0.491 e. The van der Waals surface area contributed by atoms with Gasteiger partial charge in [-0.25, -0.2) is 4.98 Å². The molecule has 2 aromatic rings. The van der Waals surface area contributed by atoms with Crippen LogP contribution in [0.2, 0.25) is 0 Å². The van der Waals surface area contributed by atoms with E-state index in [1.807, 2.05) is 30.3 Å². The summed E-state index contributed by atoms with van der Waals surface area (Å²) in [6.45, 7) is 1.13. The number of rotatable bonds is 4. The summed E-state index contributed by atoms with van der Waals surface area (Å²) in [4.78, 5) is 4.58. The van der Waals surface area contributed by atoms with E-state index in [2.05, 4.69) is 34.9 Å². The van der Waals surface area contributed by atoms with Crippen LogP contribution in [0.25, 0.3) is 10.9 Å². The van der Waals surface area contributed by atoms with Crippen molar-refractivity contribution in [2.45, 2.75) is 0 Å². The van der Waals surface area contributed by atoms with Crippen LogP contribution in [0.15, 0.2) is 30.3 Å². The number of benzene rings is 1. The molecule has 0 N–H and O–H groups in total. The Bertz CT molecular complexity index is 680. The molecule has 21 heavy (non-hydrogen) atoms. The summed E-state index contributed by atoms with van der Waals surface area (Å²) in [5.74, 6) is 3.99. The van der Waals surface area contributed by atoms with Gasteiger partial charge in [0, 0.05) is 12.5 Å². The molecule has 0 aliphatic heterocycles. The van der Waals surface area contributed by atoms with Crippen molar-refractivity contribution in [2.75, 3.05) is 39.1 Å². The second kappa shape index (κ2) is 6.84. The van der Waals surface area contributed by atoms with E-state index in [0.717, 1.165) is 22.3 Å². The van der Waals surface area contributed by atoms with Gasteiger partial charge in [0.05, 0.1) is 12.1 Å². The summed E-state index contributed by atoms with van der Waals surface area (Å²) < 4.78 is 10.6. The molecule has 0 saturated carbocycles. The van der Waals surface area contributed by atoms with E-state index >= 15 is 0 Å². The summed E-state index contributed by atoms with van der Waals surface area (Å²) in [5.41, 5.74) is 1.75. The predicted molar refractivity (Wildman–Crippen MR) is 91.4 cm³/mol. The Hall–Kier alpha value is -1.70. The van der Waals surface area contributed by atoms with Crippen molar-refractivity contribution in [1.29, 1.82) is 0 Å². The molecular formula is C17H21NO2S. The van der Waals surface area contributed by atoms with Gasteiger partial charge in [-0.2, -0.15) is 10.0 Å². The fourth-order valence-corrected chi connectivity index (χ4v) is 2.12. The minimum absolute atomic E-state index is 0.549. The van der Waals surface area contributed by atoms with E-state index in [4.69, 9.17) is 9.47 Å². The van der Waals surface area contributed by atoms with Crippen LogP contribution in [0, 0.1) is 11.2 Å². The molecule has 0 atom stereocenters. The number of fused-ring (bicyclic) bond motifs is 1. The third-order valence-corrected chi connectivity index (χ3v) is 3.42. The summed E-state index contributed by atoms with van der Waals surface area (Å²) in [6, 6.07) is 9.88. The Morgan fingerprint density at radius 3 is 2.62 bits per heavy atom. The predicted octanol–water partition coefficient (Wildman–Crippen LogP) is 3.26. The number of methoxy groups -OCH3 is 1. The van der Waals surface area contributed by atoms with E-state index in [1.54, 1.807) is 7.11 Å². The van der Waals surface area contributed by atoms with E-state index in [1.165, 1.54) is 0 Å². The van der Waals surface area contributed by atoms with E-state index in [-0.39, 0.29) is 0 Å². The van der Waals surface area contributed by atoms with Gasteiger partial charge >= 0.3 is 0 Å². The number of pyridine rings is 1. The molecule has 0 saturated heterocycles. The van der Waals surface area contributed by atoms with Crippen molar-refractivity contribution in [2.24, 2.45) is 0 Å². The fraction of sp³-hybridized carbons (Fsp3) is 0.353. The van der Waals surface area contributed by atoms with Crippen LogP contribution in [0.5, 0.6) is 5.75 Å². The van der Waals surface area contributed by atoms with Crippen LogP contribution < -0.4 is 4.74 Å². The first-order valence-corrected chi connectivity index (χ1v) is 9.57. The lowest BCUT2D eigenvalue weighted by Gasteiger charge is -2.14. The molecule has 0 unspecified atom stereocenters. The zero-order chi connectivity index (χ0) is 15.3. The van der Waals surface area contributed by atoms with Crippen molar-refractivity contribution >= 4 is 20.9 Å². The molecule has 3 nitrogen and oxygen atoms in total. The number of hydrogen-bond donors (Lipinski definition) is 0. The highest BCUT2D eigenvalue weighted by Crippen LogP contribution is 2.32. The molecule has 0 bridgehead atoms. The van der Waals surface area contributed by atoms with Gasteiger partial charge in [-0.3, -0.25) is 0 Å². The van der Waals surface area contributed by atoms with E-state index < -0.39 is 10.0 Å². The lowest BCUT2D eigenvalue weighted by Crippen LogP contribution is -2.04. The molecule has 0 radical (unpaired) electrons. The van der Waals surface area contributed by atoms with Gasteiger partial charge in [-0.15, -0.1) is 0 Å². The average Bonchev–Trinajstić information content (AvgIpc) is 2.44. The van der Waals surface area contributed by atoms with Gasteiger partial charge in [-0.1, -0.05) is 0 Å². The van der Waals surface area contributed by atoms with Crippen molar-refractivity contribution in [3.8, 4) is 16.9 Å². The first-order valence-electron chi connectivity index (χ1n) is 6.71. The molecule has 4 heteroatoms. The van der Waals surface area contributed by atoms with Gasteiger partial charge in [0.1, 0.15) is 18.1 Å². The normalized spacial score (nSPS) is 11.8. The highest BCUT2D eigenvalue weighted by atomic mass is 32.3. The van der Waals surface area contributed by atoms with Crippen molar-refractivity contribution in [3.63, 3.8) is 0 Å². The molecule has 1 aromatic heterocycles. The Morgan fingerprint density at radius 2 is 1.90 bits per heavy atom. The number of nitrogens with zero attached hydrogens (tertiary/aromatic N) is 1. The largest absolute Gasteiger partial charge is 0.491 e. The van der Waals surface area contributed by atoms with Crippen LogP contribution in [0.3, 0.4) is 0 Å². The van der Waals surface area contributed by atoms with Crippen LogP contribution in [-0.2, 0) is 4.74 Å². The minimum atomic E-state index is -0.828. The Labute approximate surface area is 128 Å². The van der Waals surface area contributed by atoms with Crippen molar-refractivity contribution in [1.82, 2.24) is 4.98 Å². The van der Waals surface area contributed by atoms with Crippen LogP contribution in [-0.4, -0.2) is 44.1 Å². The summed E-state index contributed by atoms with van der Waals surface area (Å²) in [5, 5.41) is 4.34. The first kappa shape index (κ1) is 15.7. The molecule has 1 aromatic carbocycles. The van der Waals surface area contributed by atoms with Gasteiger partial charge in [-0.05, 0) is 60.3 Å². The fourth-order valence-electron chi connectivity index (χ4n) is 1.71. The SMILES string of the molecule is COCCOc1ccc2nc(C#CS(C)(C)C)ccc2c1. The molecule has 0 fully saturated rings. The average molecular weight is 303 g/mol. The number of aromatic nitrogens is 1. The zero-order valence-electron chi connectivity index (χ0n) is 13.0. The Morgan fingerprint density at radius 1 is 1.10 bits per heavy atom. The topological polar surface area (TPSA) is 31.4 Å². The molecule has 1 heterocycles. The van der Waals surface area contributed by atoms with Gasteiger partial charge < -0.3 is 9.47 Å². The zero-order valence-corrected chi connectivity index (χ0v) is 13.8. The third-order valence-electron chi connectivity index (χ3n) is 2.70. The third kappa shape index (κ3) is 4.96. The maximum absolute atomic E-state index is 5.60. The van der Waals surface area contributed by atoms with E-state index in [9.17, 15) is 0 Å².